The Bertz CT molecular complexity index is 364. The van der Waals surface area contributed by atoms with Gasteiger partial charge in [-0.15, -0.1) is 0 Å². The molecule has 0 spiro atoms. The van der Waals surface area contributed by atoms with E-state index in [4.69, 9.17) is 4.42 Å². The molecule has 0 N–H and O–H groups in total. The highest BCUT2D eigenvalue weighted by Crippen LogP contribution is 2.21. The van der Waals surface area contributed by atoms with Gasteiger partial charge >= 0.3 is 0 Å². The van der Waals surface area contributed by atoms with Crippen LogP contribution in [0, 0.1) is 13.8 Å². The molecule has 0 aromatic carbocycles. The summed E-state index contributed by atoms with van der Waals surface area (Å²) in [5.74, 6) is 1.45. The molecule has 1 saturated heterocycles. The van der Waals surface area contributed by atoms with Crippen LogP contribution in [0.4, 0.5) is 0 Å². The molecule has 1 aromatic heterocycles. The van der Waals surface area contributed by atoms with Gasteiger partial charge in [-0.2, -0.15) is 0 Å². The Morgan fingerprint density at radius 2 is 2.12 bits per heavy atom. The van der Waals surface area contributed by atoms with E-state index < -0.39 is 0 Å². The topological polar surface area (TPSA) is 46.3 Å². The number of oxazole rings is 1. The molecule has 1 amide bonds. The molecule has 4 nitrogen and oxygen atoms in total. The van der Waals surface area contributed by atoms with Gasteiger partial charge in [0.1, 0.15) is 5.76 Å². The average molecular weight is 240 g/mol. The first kappa shape index (κ1) is 11.5. The zero-order valence-corrected chi connectivity index (χ0v) is 10.5. The maximum atomic E-state index is 11.7. The fourth-order valence-electron chi connectivity index (χ4n) is 1.69. The number of nitrogens with zero attached hydrogens (tertiary/aromatic N) is 2. The molecule has 1 aromatic rings. The van der Waals surface area contributed by atoms with Crippen LogP contribution in [0.1, 0.15) is 24.3 Å². The molecular formula is C11H16N2O2S. The smallest absolute Gasteiger partial charge is 0.256 e. The quantitative estimate of drug-likeness (QED) is 0.758. The largest absolute Gasteiger partial charge is 0.437 e. The minimum atomic E-state index is 0.191. The summed E-state index contributed by atoms with van der Waals surface area (Å²) in [5.41, 5.74) is 0.899. The lowest BCUT2D eigenvalue weighted by molar-refractivity contribution is -0.127. The molecule has 0 aliphatic carbocycles. The molecule has 1 fully saturated rings. The highest BCUT2D eigenvalue weighted by molar-refractivity contribution is 7.99. The summed E-state index contributed by atoms with van der Waals surface area (Å²) in [6, 6.07) is 0. The van der Waals surface area contributed by atoms with E-state index in [9.17, 15) is 4.79 Å². The van der Waals surface area contributed by atoms with Gasteiger partial charge in [0.15, 0.2) is 0 Å². The van der Waals surface area contributed by atoms with Crippen molar-refractivity contribution in [2.75, 3.05) is 18.8 Å². The van der Waals surface area contributed by atoms with Crippen molar-refractivity contribution >= 4 is 17.7 Å². The molecule has 0 radical (unpaired) electrons. The highest BCUT2D eigenvalue weighted by atomic mass is 32.2. The first-order valence-electron chi connectivity index (χ1n) is 5.51. The summed E-state index contributed by atoms with van der Waals surface area (Å²) < 4.78 is 5.41. The number of likely N-dealkylation sites (tertiary alicyclic amines) is 1. The number of aryl methyl sites for hydroxylation is 2. The Kier molecular flexibility index (Phi) is 3.53. The Labute approximate surface area is 99.4 Å². The van der Waals surface area contributed by atoms with E-state index in [0.717, 1.165) is 37.4 Å². The van der Waals surface area contributed by atoms with E-state index in [2.05, 4.69) is 4.98 Å². The van der Waals surface area contributed by atoms with Crippen LogP contribution in [0.5, 0.6) is 0 Å². The van der Waals surface area contributed by atoms with Gasteiger partial charge in [0.25, 0.3) is 5.22 Å². The minimum Gasteiger partial charge on any atom is -0.437 e. The molecule has 1 aliphatic rings. The van der Waals surface area contributed by atoms with Crippen molar-refractivity contribution in [1.29, 1.82) is 0 Å². The number of rotatable bonds is 3. The molecule has 0 atom stereocenters. The van der Waals surface area contributed by atoms with Crippen molar-refractivity contribution < 1.29 is 9.21 Å². The third kappa shape index (κ3) is 2.58. The average Bonchev–Trinajstić information content (AvgIpc) is 2.86. The van der Waals surface area contributed by atoms with Crippen molar-refractivity contribution in [3.8, 4) is 0 Å². The number of carbonyl (C=O) groups is 1. The second-order valence-corrected chi connectivity index (χ2v) is 4.92. The molecule has 2 heterocycles. The summed E-state index contributed by atoms with van der Waals surface area (Å²) in [5, 5.41) is 0.600. The lowest BCUT2D eigenvalue weighted by atomic mass is 10.4. The second kappa shape index (κ2) is 4.91. The Morgan fingerprint density at radius 1 is 1.44 bits per heavy atom. The van der Waals surface area contributed by atoms with Gasteiger partial charge in [-0.3, -0.25) is 4.79 Å². The molecule has 1 aliphatic heterocycles. The monoisotopic (exact) mass is 240 g/mol. The van der Waals surface area contributed by atoms with Crippen LogP contribution in [0.15, 0.2) is 9.64 Å². The molecular weight excluding hydrogens is 224 g/mol. The van der Waals surface area contributed by atoms with Gasteiger partial charge in [0.2, 0.25) is 5.91 Å². The Hall–Kier alpha value is -0.970. The lowest BCUT2D eigenvalue weighted by Gasteiger charge is -2.13. The first-order valence-corrected chi connectivity index (χ1v) is 6.50. The zero-order chi connectivity index (χ0) is 11.5. The minimum absolute atomic E-state index is 0.191. The van der Waals surface area contributed by atoms with E-state index in [0.29, 0.717) is 11.0 Å². The molecule has 0 bridgehead atoms. The predicted octanol–water partition coefficient (Wildman–Crippen LogP) is 2.01. The molecule has 0 saturated carbocycles. The van der Waals surface area contributed by atoms with Gasteiger partial charge in [-0.05, 0) is 26.7 Å². The first-order chi connectivity index (χ1) is 7.66. The van der Waals surface area contributed by atoms with Crippen LogP contribution in [-0.4, -0.2) is 34.6 Å². The van der Waals surface area contributed by atoms with Crippen LogP contribution in [0.2, 0.25) is 0 Å². The summed E-state index contributed by atoms with van der Waals surface area (Å²) in [4.78, 5) is 17.9. The number of aromatic nitrogens is 1. The molecule has 2 rings (SSSR count). The van der Waals surface area contributed by atoms with Crippen LogP contribution >= 0.6 is 11.8 Å². The SMILES string of the molecule is Cc1nc(SCC(=O)N2CCCC2)oc1C. The third-order valence-corrected chi connectivity index (χ3v) is 3.60. The number of thioether (sulfide) groups is 1. The van der Waals surface area contributed by atoms with Crippen LogP contribution in [0.3, 0.4) is 0 Å². The summed E-state index contributed by atoms with van der Waals surface area (Å²) >= 11 is 1.38. The molecule has 0 unspecified atom stereocenters. The number of hydrogen-bond acceptors (Lipinski definition) is 4. The summed E-state index contributed by atoms with van der Waals surface area (Å²) in [7, 11) is 0. The predicted molar refractivity (Wildman–Crippen MR) is 62.5 cm³/mol. The van der Waals surface area contributed by atoms with Gasteiger partial charge in [-0.25, -0.2) is 4.98 Å². The Balaban J connectivity index is 1.84. The number of hydrogen-bond donors (Lipinski definition) is 0. The maximum absolute atomic E-state index is 11.7. The molecule has 16 heavy (non-hydrogen) atoms. The molecule has 88 valence electrons. The summed E-state index contributed by atoms with van der Waals surface area (Å²) in [6.07, 6.45) is 2.27. The van der Waals surface area contributed by atoms with E-state index in [1.807, 2.05) is 18.7 Å². The van der Waals surface area contributed by atoms with Crippen LogP contribution in [-0.2, 0) is 4.79 Å². The summed E-state index contributed by atoms with van der Waals surface area (Å²) in [6.45, 7) is 5.60. The van der Waals surface area contributed by atoms with E-state index in [-0.39, 0.29) is 5.91 Å². The van der Waals surface area contributed by atoms with Crippen molar-refractivity contribution in [2.45, 2.75) is 31.9 Å². The maximum Gasteiger partial charge on any atom is 0.256 e. The number of carbonyl (C=O) groups excluding carboxylic acids is 1. The second-order valence-electron chi connectivity index (χ2n) is 4.00. The van der Waals surface area contributed by atoms with Gasteiger partial charge in [0.05, 0.1) is 11.4 Å². The van der Waals surface area contributed by atoms with Crippen LogP contribution < -0.4 is 0 Å². The van der Waals surface area contributed by atoms with Crippen molar-refractivity contribution in [3.05, 3.63) is 11.5 Å². The lowest BCUT2D eigenvalue weighted by Crippen LogP contribution is -2.29. The van der Waals surface area contributed by atoms with Gasteiger partial charge < -0.3 is 9.32 Å². The zero-order valence-electron chi connectivity index (χ0n) is 9.65. The van der Waals surface area contributed by atoms with Crippen molar-refractivity contribution in [3.63, 3.8) is 0 Å². The van der Waals surface area contributed by atoms with E-state index in [1.54, 1.807) is 0 Å². The highest BCUT2D eigenvalue weighted by Gasteiger charge is 2.18. The molecule has 5 heteroatoms. The standard InChI is InChI=1S/C11H16N2O2S/c1-8-9(2)15-11(12-8)16-7-10(14)13-5-3-4-6-13/h3-7H2,1-2H3. The van der Waals surface area contributed by atoms with Crippen LogP contribution in [0.25, 0.3) is 0 Å². The van der Waals surface area contributed by atoms with E-state index >= 15 is 0 Å². The normalized spacial score (nSPS) is 15.8. The van der Waals surface area contributed by atoms with E-state index in [1.165, 1.54) is 11.8 Å². The number of amides is 1. The fraction of sp³-hybridized carbons (Fsp3) is 0.636. The third-order valence-electron chi connectivity index (χ3n) is 2.79. The van der Waals surface area contributed by atoms with Gasteiger partial charge in [-0.1, -0.05) is 11.8 Å². The van der Waals surface area contributed by atoms with Crippen molar-refractivity contribution in [2.24, 2.45) is 0 Å². The van der Waals surface area contributed by atoms with Gasteiger partial charge in [0, 0.05) is 13.1 Å². The van der Waals surface area contributed by atoms with Crippen molar-refractivity contribution in [1.82, 2.24) is 9.88 Å². The fourth-order valence-corrected chi connectivity index (χ4v) is 2.50. The Morgan fingerprint density at radius 3 is 2.69 bits per heavy atom.